The maximum atomic E-state index is 13.3. The van der Waals surface area contributed by atoms with Crippen molar-refractivity contribution < 1.29 is 42.6 Å². The molecule has 0 aromatic heterocycles. The lowest BCUT2D eigenvalue weighted by molar-refractivity contribution is -0.384. The second-order valence-electron chi connectivity index (χ2n) is 9.45. The van der Waals surface area contributed by atoms with E-state index in [0.717, 1.165) is 6.92 Å². The molecule has 1 aliphatic rings. The fourth-order valence-electron chi connectivity index (χ4n) is 4.44. The van der Waals surface area contributed by atoms with Gasteiger partial charge in [0.05, 0.1) is 35.7 Å². The predicted octanol–water partition coefficient (Wildman–Crippen LogP) is 2.48. The summed E-state index contributed by atoms with van der Waals surface area (Å²) in [6.45, 7) is 3.11. The Morgan fingerprint density at radius 1 is 1.15 bits per heavy atom. The number of allylic oxidation sites excluding steroid dienone is 1. The lowest BCUT2D eigenvalue weighted by atomic mass is 9.75. The number of aliphatic hydroxyl groups is 2. The summed E-state index contributed by atoms with van der Waals surface area (Å²) in [5, 5.41) is 30.6. The smallest absolute Gasteiger partial charge is 0.336 e. The molecule has 0 bridgehead atoms. The minimum absolute atomic E-state index is 0.0641. The molecule has 3 unspecified atom stereocenters. The summed E-state index contributed by atoms with van der Waals surface area (Å²) in [6.07, 6.45) is 0.207. The number of nitro groups is 1. The van der Waals surface area contributed by atoms with Crippen LogP contribution in [0.3, 0.4) is 0 Å². The van der Waals surface area contributed by atoms with Crippen molar-refractivity contribution in [2.75, 3.05) is 20.3 Å². The van der Waals surface area contributed by atoms with Gasteiger partial charge in [-0.25, -0.2) is 13.2 Å². The third-order valence-electron chi connectivity index (χ3n) is 6.67. The number of carbonyl (C=O) groups excluding carboxylic acids is 2. The second kappa shape index (κ2) is 12.1. The molecule has 0 radical (unpaired) electrons. The Hall–Kier alpha value is -3.94. The van der Waals surface area contributed by atoms with Crippen molar-refractivity contribution in [3.63, 3.8) is 0 Å². The summed E-state index contributed by atoms with van der Waals surface area (Å²) in [5.41, 5.74) is 1.51. The molecule has 12 nitrogen and oxygen atoms in total. The molecule has 0 aliphatic carbocycles. The molecule has 13 heteroatoms. The minimum Gasteiger partial charge on any atom is -0.468 e. The van der Waals surface area contributed by atoms with Gasteiger partial charge >= 0.3 is 11.9 Å². The van der Waals surface area contributed by atoms with Gasteiger partial charge in [0.15, 0.2) is 4.93 Å². The average Bonchev–Trinajstić information content (AvgIpc) is 2.92. The van der Waals surface area contributed by atoms with Gasteiger partial charge in [0.2, 0.25) is 9.84 Å². The standard InChI is InChI=1S/C27H30N2O10S/c1-16-22(25(31)38-4)24(19-6-5-7-20(14-19)29(34)35)23(17(2)28-16)26(32)39-13-12-18-8-10-21(11-9-18)40(36,37)27(3,33)15-30/h5-11,14,22,24,30,33H,12-13,15H2,1-4H3. The van der Waals surface area contributed by atoms with E-state index in [1.165, 1.54) is 49.6 Å². The molecule has 2 aromatic rings. The van der Waals surface area contributed by atoms with E-state index < -0.39 is 50.1 Å². The summed E-state index contributed by atoms with van der Waals surface area (Å²) < 4.78 is 35.4. The van der Waals surface area contributed by atoms with Crippen LogP contribution in [0.1, 0.15) is 37.8 Å². The molecular formula is C27H30N2O10S. The monoisotopic (exact) mass is 574 g/mol. The van der Waals surface area contributed by atoms with E-state index in [1.807, 2.05) is 0 Å². The zero-order valence-corrected chi connectivity index (χ0v) is 23.2. The Morgan fingerprint density at radius 2 is 1.80 bits per heavy atom. The highest BCUT2D eigenvalue weighted by atomic mass is 32.2. The van der Waals surface area contributed by atoms with E-state index in [0.29, 0.717) is 22.5 Å². The summed E-state index contributed by atoms with van der Waals surface area (Å²) in [4.78, 5) is 38.7. The van der Waals surface area contributed by atoms with Crippen molar-refractivity contribution in [1.82, 2.24) is 0 Å². The number of aliphatic hydroxyl groups excluding tert-OH is 1. The Bertz CT molecular complexity index is 1480. The number of ether oxygens (including phenoxy) is 2. The van der Waals surface area contributed by atoms with Crippen LogP contribution >= 0.6 is 0 Å². The number of aliphatic imine (C=N–C) groups is 1. The average molecular weight is 575 g/mol. The van der Waals surface area contributed by atoms with Gasteiger partial charge in [-0.05, 0) is 44.0 Å². The first kappa shape index (κ1) is 30.6. The molecular weight excluding hydrogens is 544 g/mol. The van der Waals surface area contributed by atoms with E-state index in [4.69, 9.17) is 9.47 Å². The van der Waals surface area contributed by atoms with Crippen LogP contribution < -0.4 is 0 Å². The number of benzene rings is 2. The van der Waals surface area contributed by atoms with Crippen LogP contribution in [0.2, 0.25) is 0 Å². The number of methoxy groups -OCH3 is 1. The Morgan fingerprint density at radius 3 is 2.38 bits per heavy atom. The fraction of sp³-hybridized carbons (Fsp3) is 0.370. The van der Waals surface area contributed by atoms with E-state index in [9.17, 15) is 38.3 Å². The first-order valence-electron chi connectivity index (χ1n) is 12.2. The number of hydrogen-bond donors (Lipinski definition) is 2. The van der Waals surface area contributed by atoms with E-state index in [2.05, 4.69) is 4.99 Å². The first-order valence-corrected chi connectivity index (χ1v) is 13.7. The number of hydrogen-bond acceptors (Lipinski definition) is 11. The Balaban J connectivity index is 1.85. The normalized spacial score (nSPS) is 18.9. The number of carbonyl (C=O) groups is 2. The summed E-state index contributed by atoms with van der Waals surface area (Å²) >= 11 is 0. The third-order valence-corrected chi connectivity index (χ3v) is 8.85. The van der Waals surface area contributed by atoms with Crippen LogP contribution in [-0.4, -0.2) is 66.5 Å². The van der Waals surface area contributed by atoms with Crippen molar-refractivity contribution >= 4 is 33.2 Å². The van der Waals surface area contributed by atoms with Gasteiger partial charge in [-0.3, -0.25) is 19.9 Å². The number of nitro benzene ring substituents is 1. The zero-order chi connectivity index (χ0) is 29.8. The summed E-state index contributed by atoms with van der Waals surface area (Å²) in [5.74, 6) is -3.38. The molecule has 0 spiro atoms. The quantitative estimate of drug-likeness (QED) is 0.243. The number of rotatable bonds is 10. The SMILES string of the molecule is COC(=O)C1C(C)=NC(C)=C(C(=O)OCCc2ccc(S(=O)(=O)C(C)(O)CO)cc2)C1c1cccc([N+](=O)[O-])c1. The van der Waals surface area contributed by atoms with Gasteiger partial charge in [0.1, 0.15) is 5.92 Å². The van der Waals surface area contributed by atoms with E-state index in [-0.39, 0.29) is 29.2 Å². The molecule has 1 aliphatic heterocycles. The molecule has 40 heavy (non-hydrogen) atoms. The maximum absolute atomic E-state index is 13.3. The van der Waals surface area contributed by atoms with Crippen molar-refractivity contribution in [2.45, 2.75) is 42.9 Å². The van der Waals surface area contributed by atoms with Gasteiger partial charge in [0, 0.05) is 35.9 Å². The highest BCUT2D eigenvalue weighted by Gasteiger charge is 2.42. The third kappa shape index (κ3) is 6.11. The van der Waals surface area contributed by atoms with E-state index in [1.54, 1.807) is 19.9 Å². The first-order chi connectivity index (χ1) is 18.7. The number of non-ortho nitro benzene ring substituents is 1. The topological polar surface area (TPSA) is 183 Å². The summed E-state index contributed by atoms with van der Waals surface area (Å²) in [7, 11) is -3.00. The van der Waals surface area contributed by atoms with Gasteiger partial charge in [-0.2, -0.15) is 0 Å². The number of nitrogens with zero attached hydrogens (tertiary/aromatic N) is 2. The highest BCUT2D eigenvalue weighted by molar-refractivity contribution is 7.92. The Labute approximate surface area is 231 Å². The van der Waals surface area contributed by atoms with Crippen molar-refractivity contribution in [3.8, 4) is 0 Å². The zero-order valence-electron chi connectivity index (χ0n) is 22.4. The van der Waals surface area contributed by atoms with E-state index >= 15 is 0 Å². The van der Waals surface area contributed by atoms with Gasteiger partial charge < -0.3 is 19.7 Å². The predicted molar refractivity (Wildman–Crippen MR) is 143 cm³/mol. The fourth-order valence-corrected chi connectivity index (χ4v) is 5.61. The molecule has 0 fully saturated rings. The summed E-state index contributed by atoms with van der Waals surface area (Å²) in [6, 6.07) is 11.2. The van der Waals surface area contributed by atoms with Crippen molar-refractivity contribution in [3.05, 3.63) is 81.0 Å². The maximum Gasteiger partial charge on any atom is 0.336 e. The molecule has 0 saturated heterocycles. The molecule has 214 valence electrons. The van der Waals surface area contributed by atoms with Gasteiger partial charge in [-0.1, -0.05) is 24.3 Å². The number of esters is 2. The lowest BCUT2D eigenvalue weighted by Gasteiger charge is -2.31. The molecule has 2 N–H and O–H groups in total. The van der Waals surface area contributed by atoms with Crippen LogP contribution in [0.5, 0.6) is 0 Å². The lowest BCUT2D eigenvalue weighted by Crippen LogP contribution is -2.38. The number of sulfone groups is 1. The van der Waals surface area contributed by atoms with Gasteiger partial charge in [0.25, 0.3) is 5.69 Å². The van der Waals surface area contributed by atoms with Crippen LogP contribution in [0.15, 0.2) is 69.7 Å². The van der Waals surface area contributed by atoms with Crippen molar-refractivity contribution in [2.24, 2.45) is 10.9 Å². The molecule has 1 heterocycles. The van der Waals surface area contributed by atoms with Crippen molar-refractivity contribution in [1.29, 1.82) is 0 Å². The molecule has 2 aromatic carbocycles. The second-order valence-corrected chi connectivity index (χ2v) is 11.8. The van der Waals surface area contributed by atoms with Crippen LogP contribution in [0, 0.1) is 16.0 Å². The van der Waals surface area contributed by atoms with Gasteiger partial charge in [-0.15, -0.1) is 0 Å². The molecule has 0 amide bonds. The molecule has 3 rings (SSSR count). The minimum atomic E-state index is -4.20. The largest absolute Gasteiger partial charge is 0.468 e. The molecule has 0 saturated carbocycles. The van der Waals surface area contributed by atoms with Crippen LogP contribution in [0.25, 0.3) is 0 Å². The molecule has 3 atom stereocenters. The van der Waals surface area contributed by atoms with Crippen LogP contribution in [-0.2, 0) is 35.3 Å². The van der Waals surface area contributed by atoms with Crippen LogP contribution in [0.4, 0.5) is 5.69 Å². The highest BCUT2D eigenvalue weighted by Crippen LogP contribution is 2.41. The Kier molecular flexibility index (Phi) is 9.23.